The van der Waals surface area contributed by atoms with Crippen LogP contribution in [0, 0.1) is 0 Å². The standard InChI is InChI=1S/C23H21BrClN3O3/c1-15(29)27-10-12-28(13-11-27)20-7-6-18(14-19(20)25)26-23(30)22-9-8-21(31-22)16-2-4-17(24)5-3-16/h2-9,14H,10-13H2,1H3,(H,26,30). The van der Waals surface area contributed by atoms with Gasteiger partial charge in [-0.05, 0) is 42.5 Å². The normalized spacial score (nSPS) is 13.9. The maximum Gasteiger partial charge on any atom is 0.291 e. The molecule has 160 valence electrons. The number of anilines is 2. The van der Waals surface area contributed by atoms with Crippen LogP contribution in [0.3, 0.4) is 0 Å². The van der Waals surface area contributed by atoms with Crippen molar-refractivity contribution in [2.75, 3.05) is 36.4 Å². The minimum absolute atomic E-state index is 0.0880. The first-order valence-electron chi connectivity index (χ1n) is 9.88. The van der Waals surface area contributed by atoms with E-state index in [1.54, 1.807) is 25.1 Å². The molecule has 2 amide bonds. The molecule has 3 aromatic rings. The highest BCUT2D eigenvalue weighted by molar-refractivity contribution is 9.10. The Morgan fingerprint density at radius 2 is 1.71 bits per heavy atom. The third-order valence-electron chi connectivity index (χ3n) is 5.23. The molecule has 4 rings (SSSR count). The summed E-state index contributed by atoms with van der Waals surface area (Å²) in [5.41, 5.74) is 2.36. The van der Waals surface area contributed by atoms with Crippen molar-refractivity contribution >= 4 is 50.7 Å². The Kier molecular flexibility index (Phi) is 6.34. The lowest BCUT2D eigenvalue weighted by Crippen LogP contribution is -2.48. The zero-order valence-corrected chi connectivity index (χ0v) is 19.2. The first-order valence-corrected chi connectivity index (χ1v) is 11.0. The highest BCUT2D eigenvalue weighted by atomic mass is 79.9. The van der Waals surface area contributed by atoms with Crippen LogP contribution in [0.5, 0.6) is 0 Å². The summed E-state index contributed by atoms with van der Waals surface area (Å²) in [7, 11) is 0. The van der Waals surface area contributed by atoms with E-state index in [1.165, 1.54) is 0 Å². The van der Waals surface area contributed by atoms with Gasteiger partial charge in [0.1, 0.15) is 5.76 Å². The highest BCUT2D eigenvalue weighted by Crippen LogP contribution is 2.30. The van der Waals surface area contributed by atoms with Crippen LogP contribution >= 0.6 is 27.5 Å². The van der Waals surface area contributed by atoms with E-state index < -0.39 is 0 Å². The molecule has 1 aromatic heterocycles. The molecule has 1 N–H and O–H groups in total. The minimum Gasteiger partial charge on any atom is -0.451 e. The van der Waals surface area contributed by atoms with Crippen LogP contribution in [0.4, 0.5) is 11.4 Å². The van der Waals surface area contributed by atoms with Crippen molar-refractivity contribution in [3.05, 3.63) is 69.9 Å². The van der Waals surface area contributed by atoms with Crippen molar-refractivity contribution in [1.82, 2.24) is 4.90 Å². The lowest BCUT2D eigenvalue weighted by molar-refractivity contribution is -0.129. The minimum atomic E-state index is -0.345. The van der Waals surface area contributed by atoms with Crippen molar-refractivity contribution in [2.45, 2.75) is 6.92 Å². The van der Waals surface area contributed by atoms with E-state index in [0.29, 0.717) is 29.6 Å². The molecule has 1 saturated heterocycles. The molecule has 8 heteroatoms. The molecule has 1 aliphatic heterocycles. The summed E-state index contributed by atoms with van der Waals surface area (Å²) in [5.74, 6) is 0.585. The molecular weight excluding hydrogens is 482 g/mol. The van der Waals surface area contributed by atoms with Crippen molar-refractivity contribution in [3.8, 4) is 11.3 Å². The summed E-state index contributed by atoms with van der Waals surface area (Å²) in [6.45, 7) is 4.36. The molecule has 0 atom stereocenters. The number of halogens is 2. The lowest BCUT2D eigenvalue weighted by atomic mass is 10.2. The third kappa shape index (κ3) is 4.94. The van der Waals surface area contributed by atoms with E-state index in [4.69, 9.17) is 16.0 Å². The molecule has 0 saturated carbocycles. The van der Waals surface area contributed by atoms with Gasteiger partial charge in [-0.3, -0.25) is 9.59 Å². The smallest absolute Gasteiger partial charge is 0.291 e. The van der Waals surface area contributed by atoms with E-state index in [-0.39, 0.29) is 17.6 Å². The predicted molar refractivity (Wildman–Crippen MR) is 126 cm³/mol. The summed E-state index contributed by atoms with van der Waals surface area (Å²) < 4.78 is 6.70. The summed E-state index contributed by atoms with van der Waals surface area (Å²) >= 11 is 9.89. The van der Waals surface area contributed by atoms with E-state index in [9.17, 15) is 9.59 Å². The molecule has 0 aliphatic carbocycles. The molecule has 0 spiro atoms. The largest absolute Gasteiger partial charge is 0.451 e. The Balaban J connectivity index is 1.42. The number of nitrogens with zero attached hydrogens (tertiary/aromatic N) is 2. The Morgan fingerprint density at radius 3 is 2.35 bits per heavy atom. The van der Waals surface area contributed by atoms with Gasteiger partial charge < -0.3 is 19.5 Å². The van der Waals surface area contributed by atoms with Gasteiger partial charge in [-0.25, -0.2) is 0 Å². The third-order valence-corrected chi connectivity index (χ3v) is 6.06. The number of piperazine rings is 1. The SMILES string of the molecule is CC(=O)N1CCN(c2ccc(NC(=O)c3ccc(-c4ccc(Br)cc4)o3)cc2Cl)CC1. The number of nitrogens with one attached hydrogen (secondary N) is 1. The average Bonchev–Trinajstić information content (AvgIpc) is 3.25. The van der Waals surface area contributed by atoms with E-state index >= 15 is 0 Å². The van der Waals surface area contributed by atoms with Crippen LogP contribution in [-0.2, 0) is 4.79 Å². The number of hydrogen-bond donors (Lipinski definition) is 1. The molecule has 0 radical (unpaired) electrons. The molecule has 31 heavy (non-hydrogen) atoms. The Labute approximate surface area is 193 Å². The van der Waals surface area contributed by atoms with Crippen LogP contribution in [0.1, 0.15) is 17.5 Å². The Bertz CT molecular complexity index is 1110. The second-order valence-corrected chi connectivity index (χ2v) is 8.61. The van der Waals surface area contributed by atoms with Crippen molar-refractivity contribution in [3.63, 3.8) is 0 Å². The van der Waals surface area contributed by atoms with Crippen LogP contribution < -0.4 is 10.2 Å². The van der Waals surface area contributed by atoms with Gasteiger partial charge in [-0.15, -0.1) is 0 Å². The van der Waals surface area contributed by atoms with Gasteiger partial charge in [0, 0.05) is 48.8 Å². The second-order valence-electron chi connectivity index (χ2n) is 7.28. The van der Waals surface area contributed by atoms with Gasteiger partial charge >= 0.3 is 0 Å². The van der Waals surface area contributed by atoms with Crippen LogP contribution in [-0.4, -0.2) is 42.9 Å². The number of carbonyl (C=O) groups is 2. The first kappa shape index (κ1) is 21.5. The molecule has 2 aromatic carbocycles. The summed E-state index contributed by atoms with van der Waals surface area (Å²) in [4.78, 5) is 28.1. The molecular formula is C23H21BrClN3O3. The number of carbonyl (C=O) groups excluding carboxylic acids is 2. The number of benzene rings is 2. The maximum absolute atomic E-state index is 12.6. The molecule has 0 unspecified atom stereocenters. The van der Waals surface area contributed by atoms with Crippen molar-refractivity contribution in [1.29, 1.82) is 0 Å². The zero-order valence-electron chi connectivity index (χ0n) is 16.9. The molecule has 6 nitrogen and oxygen atoms in total. The topological polar surface area (TPSA) is 65.8 Å². The van der Waals surface area contributed by atoms with E-state index in [0.717, 1.165) is 28.8 Å². The summed E-state index contributed by atoms with van der Waals surface area (Å²) in [5, 5.41) is 3.37. The van der Waals surface area contributed by atoms with Crippen LogP contribution in [0.15, 0.2) is 63.5 Å². The average molecular weight is 503 g/mol. The number of hydrogen-bond acceptors (Lipinski definition) is 4. The van der Waals surface area contributed by atoms with Gasteiger partial charge in [0.05, 0.1) is 10.7 Å². The monoisotopic (exact) mass is 501 g/mol. The molecule has 0 bridgehead atoms. The lowest BCUT2D eigenvalue weighted by Gasteiger charge is -2.36. The fourth-order valence-corrected chi connectivity index (χ4v) is 4.09. The van der Waals surface area contributed by atoms with Gasteiger partial charge in [-0.2, -0.15) is 0 Å². The van der Waals surface area contributed by atoms with E-state index in [1.807, 2.05) is 41.3 Å². The van der Waals surface area contributed by atoms with Crippen LogP contribution in [0.25, 0.3) is 11.3 Å². The number of amides is 2. The van der Waals surface area contributed by atoms with Gasteiger partial charge in [-0.1, -0.05) is 39.7 Å². The van der Waals surface area contributed by atoms with Crippen LogP contribution in [0.2, 0.25) is 5.02 Å². The summed E-state index contributed by atoms with van der Waals surface area (Å²) in [6, 6.07) is 16.5. The highest BCUT2D eigenvalue weighted by Gasteiger charge is 2.21. The fourth-order valence-electron chi connectivity index (χ4n) is 3.53. The Hall–Kier alpha value is -2.77. The maximum atomic E-state index is 12.6. The summed E-state index contributed by atoms with van der Waals surface area (Å²) in [6.07, 6.45) is 0. The predicted octanol–water partition coefficient (Wildman–Crippen LogP) is 5.28. The van der Waals surface area contributed by atoms with Crippen molar-refractivity contribution in [2.24, 2.45) is 0 Å². The number of rotatable bonds is 4. The zero-order chi connectivity index (χ0) is 22.0. The molecule has 2 heterocycles. The number of furan rings is 1. The van der Waals surface area contributed by atoms with Gasteiger partial charge in [0.25, 0.3) is 5.91 Å². The molecule has 1 aliphatic rings. The Morgan fingerprint density at radius 1 is 1.00 bits per heavy atom. The second kappa shape index (κ2) is 9.16. The van der Waals surface area contributed by atoms with Gasteiger partial charge in [0.15, 0.2) is 5.76 Å². The fraction of sp³-hybridized carbons (Fsp3) is 0.217. The van der Waals surface area contributed by atoms with Crippen molar-refractivity contribution < 1.29 is 14.0 Å². The van der Waals surface area contributed by atoms with Gasteiger partial charge in [0.2, 0.25) is 5.91 Å². The quantitative estimate of drug-likeness (QED) is 0.527. The first-order chi connectivity index (χ1) is 14.9. The molecule has 1 fully saturated rings. The van der Waals surface area contributed by atoms with E-state index in [2.05, 4.69) is 26.1 Å².